The van der Waals surface area contributed by atoms with Gasteiger partial charge in [-0.2, -0.15) is 0 Å². The van der Waals surface area contributed by atoms with Gasteiger partial charge in [0, 0.05) is 24.5 Å². The van der Waals surface area contributed by atoms with Gasteiger partial charge in [-0.15, -0.1) is 0 Å². The van der Waals surface area contributed by atoms with Gasteiger partial charge in [-0.3, -0.25) is 4.90 Å². The smallest absolute Gasteiger partial charge is 0.307 e. The fourth-order valence-electron chi connectivity index (χ4n) is 6.27. The Morgan fingerprint density at radius 3 is 2.12 bits per heavy atom. The van der Waals surface area contributed by atoms with E-state index in [0.717, 1.165) is 5.56 Å². The third kappa shape index (κ3) is 4.74. The van der Waals surface area contributed by atoms with Crippen molar-refractivity contribution in [3.05, 3.63) is 35.9 Å². The molecule has 3 aliphatic heterocycles. The molecule has 1 aromatic rings. The lowest BCUT2D eigenvalue weighted by molar-refractivity contribution is -0.381. The first-order chi connectivity index (χ1) is 15.7. The van der Waals surface area contributed by atoms with Gasteiger partial charge in [-0.1, -0.05) is 37.3 Å². The van der Waals surface area contributed by atoms with Crippen LogP contribution in [0.1, 0.15) is 38.7 Å². The second-order valence-electron chi connectivity index (χ2n) is 10.1. The Morgan fingerprint density at radius 2 is 1.53 bits per heavy atom. The van der Waals surface area contributed by atoms with Gasteiger partial charge in [0.25, 0.3) is 5.97 Å². The minimum Gasteiger partial charge on any atom is -0.353 e. The van der Waals surface area contributed by atoms with Crippen LogP contribution in [0, 0.1) is 11.8 Å². The molecule has 192 valence electrons. The molecule has 34 heavy (non-hydrogen) atoms. The summed E-state index contributed by atoms with van der Waals surface area (Å²) in [6.07, 6.45) is -1.40. The molecule has 0 amide bonds. The van der Waals surface area contributed by atoms with Crippen LogP contribution in [0.4, 0.5) is 0 Å². The third-order valence-corrected chi connectivity index (χ3v) is 7.58. The van der Waals surface area contributed by atoms with E-state index in [1.165, 1.54) is 9.80 Å². The molecule has 3 saturated heterocycles. The van der Waals surface area contributed by atoms with E-state index in [-0.39, 0.29) is 12.3 Å². The molecule has 1 aromatic carbocycles. The molecule has 12 nitrogen and oxygen atoms in total. The summed E-state index contributed by atoms with van der Waals surface area (Å²) < 4.78 is 0. The molecule has 4 rings (SSSR count). The Balaban J connectivity index is 1.71. The lowest BCUT2D eigenvalue weighted by Gasteiger charge is -2.51. The molecule has 3 fully saturated rings. The number of hydrazine groups is 1. The highest BCUT2D eigenvalue weighted by Crippen LogP contribution is 2.47. The predicted molar refractivity (Wildman–Crippen MR) is 117 cm³/mol. The first kappa shape index (κ1) is 25.8. The molecule has 7 atom stereocenters. The summed E-state index contributed by atoms with van der Waals surface area (Å²) in [5, 5.41) is 83.5. The van der Waals surface area contributed by atoms with E-state index in [1.807, 2.05) is 37.3 Å². The largest absolute Gasteiger partial charge is 0.353 e. The molecule has 0 saturated carbocycles. The topological polar surface area (TPSA) is 192 Å². The highest BCUT2D eigenvalue weighted by molar-refractivity contribution is 5.15. The van der Waals surface area contributed by atoms with Crippen molar-refractivity contribution in [1.82, 2.24) is 20.7 Å². The highest BCUT2D eigenvalue weighted by Gasteiger charge is 2.63. The molecule has 2 bridgehead atoms. The minimum atomic E-state index is -3.27. The van der Waals surface area contributed by atoms with E-state index in [2.05, 4.69) is 10.9 Å². The summed E-state index contributed by atoms with van der Waals surface area (Å²) in [6.45, 7) is 3.57. The van der Waals surface area contributed by atoms with Gasteiger partial charge in [-0.05, 0) is 37.7 Å². The summed E-state index contributed by atoms with van der Waals surface area (Å²) in [4.78, 5) is 2.88. The minimum absolute atomic E-state index is 0.0527. The first-order valence-electron chi connectivity index (χ1n) is 11.6. The lowest BCUT2D eigenvalue weighted by atomic mass is 9.84. The lowest BCUT2D eigenvalue weighted by Crippen LogP contribution is -2.69. The maximum Gasteiger partial charge on any atom is 0.307 e. The van der Waals surface area contributed by atoms with Crippen molar-refractivity contribution in [3.8, 4) is 0 Å². The SMILES string of the molecule is CC1CC2CC(C)N3C(NNC3C(O)(O)O)C(C(O)(O)O)C1N2C(O)(O)CCc1ccccc1. The molecule has 0 spiro atoms. The first-order valence-corrected chi connectivity index (χ1v) is 11.6. The van der Waals surface area contributed by atoms with Crippen molar-refractivity contribution in [1.29, 1.82) is 0 Å². The van der Waals surface area contributed by atoms with Crippen LogP contribution in [0.15, 0.2) is 30.3 Å². The van der Waals surface area contributed by atoms with E-state index in [1.54, 1.807) is 6.92 Å². The summed E-state index contributed by atoms with van der Waals surface area (Å²) in [7, 11) is 0. The number of benzene rings is 1. The van der Waals surface area contributed by atoms with Gasteiger partial charge in [0.15, 0.2) is 6.17 Å². The molecule has 12 heteroatoms. The number of aryl methyl sites for hydroxylation is 1. The molecular weight excluding hydrogens is 448 g/mol. The van der Waals surface area contributed by atoms with Crippen molar-refractivity contribution in [2.24, 2.45) is 11.8 Å². The van der Waals surface area contributed by atoms with Crippen LogP contribution in [0.25, 0.3) is 0 Å². The number of fused-ring (bicyclic) bond motifs is 3. The van der Waals surface area contributed by atoms with Gasteiger partial charge in [0.05, 0.1) is 12.1 Å². The van der Waals surface area contributed by atoms with E-state index >= 15 is 0 Å². The van der Waals surface area contributed by atoms with Crippen LogP contribution >= 0.6 is 0 Å². The van der Waals surface area contributed by atoms with E-state index in [9.17, 15) is 40.9 Å². The molecule has 3 aliphatic rings. The van der Waals surface area contributed by atoms with Crippen LogP contribution in [-0.2, 0) is 6.42 Å². The Hall–Kier alpha value is -1.26. The average molecular weight is 485 g/mol. The zero-order chi connectivity index (χ0) is 25.1. The summed E-state index contributed by atoms with van der Waals surface area (Å²) in [6, 6.07) is 7.48. The summed E-state index contributed by atoms with van der Waals surface area (Å²) >= 11 is 0. The van der Waals surface area contributed by atoms with E-state index in [0.29, 0.717) is 19.3 Å². The monoisotopic (exact) mass is 484 g/mol. The number of nitrogens with one attached hydrogen (secondary N) is 2. The Labute approximate surface area is 197 Å². The molecule has 3 heterocycles. The van der Waals surface area contributed by atoms with Crippen molar-refractivity contribution < 1.29 is 40.9 Å². The van der Waals surface area contributed by atoms with Gasteiger partial charge in [0.1, 0.15) is 0 Å². The second kappa shape index (κ2) is 9.00. The average Bonchev–Trinajstić information content (AvgIpc) is 3.28. The maximum atomic E-state index is 11.3. The van der Waals surface area contributed by atoms with Crippen molar-refractivity contribution in [2.75, 3.05) is 0 Å². The van der Waals surface area contributed by atoms with Crippen LogP contribution in [0.2, 0.25) is 0 Å². The number of hydrogen-bond donors (Lipinski definition) is 10. The number of rotatable bonds is 6. The van der Waals surface area contributed by atoms with Crippen LogP contribution in [0.3, 0.4) is 0 Å². The van der Waals surface area contributed by atoms with Gasteiger partial charge < -0.3 is 40.9 Å². The molecule has 0 aromatic heterocycles. The van der Waals surface area contributed by atoms with Gasteiger partial charge in [-0.25, -0.2) is 15.8 Å². The molecule has 7 unspecified atom stereocenters. The summed E-state index contributed by atoms with van der Waals surface area (Å²) in [5.74, 6) is -10.5. The van der Waals surface area contributed by atoms with Crippen molar-refractivity contribution in [3.63, 3.8) is 0 Å². The van der Waals surface area contributed by atoms with Crippen molar-refractivity contribution in [2.45, 2.75) is 87.8 Å². The fraction of sp³-hybridized carbons (Fsp3) is 0.727. The Kier molecular flexibility index (Phi) is 6.83. The highest BCUT2D eigenvalue weighted by atomic mass is 16.7. The van der Waals surface area contributed by atoms with Crippen LogP contribution < -0.4 is 10.9 Å². The van der Waals surface area contributed by atoms with Crippen LogP contribution in [0.5, 0.6) is 0 Å². The van der Waals surface area contributed by atoms with E-state index < -0.39 is 54.2 Å². The zero-order valence-corrected chi connectivity index (χ0v) is 19.2. The normalized spacial score (nSPS) is 35.8. The quantitative estimate of drug-likeness (QED) is 0.185. The summed E-state index contributed by atoms with van der Waals surface area (Å²) in [5.41, 5.74) is 6.19. The standard InChI is InChI=1S/C22H36N4O8/c1-12-10-15-11-13(2)25-18(23-24-19(25)22(32,33)34)16(21(29,30)31)17(12)26(15)20(27,28)9-8-14-6-4-3-5-7-14/h3-7,12-13,15-19,23-24,27-34H,8-11H2,1-2H3. The zero-order valence-electron chi connectivity index (χ0n) is 19.2. The molecular formula is C22H36N4O8. The molecule has 10 N–H and O–H groups in total. The fourth-order valence-corrected chi connectivity index (χ4v) is 6.27. The Morgan fingerprint density at radius 1 is 0.882 bits per heavy atom. The third-order valence-electron chi connectivity index (χ3n) is 7.58. The number of nitrogens with zero attached hydrogens (tertiary/aromatic N) is 2. The van der Waals surface area contributed by atoms with Crippen molar-refractivity contribution >= 4 is 0 Å². The van der Waals surface area contributed by atoms with Crippen LogP contribution in [-0.4, -0.2) is 99.0 Å². The van der Waals surface area contributed by atoms with E-state index in [4.69, 9.17) is 0 Å². The number of aliphatic hydroxyl groups is 8. The molecule has 0 aliphatic carbocycles. The second-order valence-corrected chi connectivity index (χ2v) is 10.1. The van der Waals surface area contributed by atoms with Gasteiger partial charge in [0.2, 0.25) is 5.91 Å². The predicted octanol–water partition coefficient (Wildman–Crippen LogP) is -2.93. The van der Waals surface area contributed by atoms with Gasteiger partial charge >= 0.3 is 5.97 Å². The maximum absolute atomic E-state index is 11.3. The number of hydrogen-bond acceptors (Lipinski definition) is 12. The molecule has 0 radical (unpaired) electrons. The Bertz CT molecular complexity index is 846.